The molecule has 17 heavy (non-hydrogen) atoms. The summed E-state index contributed by atoms with van der Waals surface area (Å²) in [6, 6.07) is 10.5. The van der Waals surface area contributed by atoms with Crippen molar-refractivity contribution in [2.45, 2.75) is 13.0 Å². The largest absolute Gasteiger partial charge is 0.324 e. The molecule has 4 nitrogen and oxygen atoms in total. The van der Waals surface area contributed by atoms with Gasteiger partial charge in [0, 0.05) is 27.9 Å². The summed E-state index contributed by atoms with van der Waals surface area (Å²) in [4.78, 5) is 12.4. The lowest BCUT2D eigenvalue weighted by Crippen LogP contribution is -2.01. The molecule has 0 aliphatic rings. The first-order valence-electron chi connectivity index (χ1n) is 5.18. The predicted octanol–water partition coefficient (Wildman–Crippen LogP) is 3.34. The second-order valence-electron chi connectivity index (χ2n) is 3.80. The van der Waals surface area contributed by atoms with Gasteiger partial charge in [-0.15, -0.1) is 11.3 Å². The fourth-order valence-corrected chi connectivity index (χ4v) is 2.48. The Labute approximate surface area is 103 Å². The van der Waals surface area contributed by atoms with Crippen LogP contribution in [0.3, 0.4) is 0 Å². The summed E-state index contributed by atoms with van der Waals surface area (Å²) in [6.45, 7) is 1.92. The van der Waals surface area contributed by atoms with Crippen LogP contribution in [-0.4, -0.2) is 4.92 Å². The lowest BCUT2D eigenvalue weighted by molar-refractivity contribution is -0.384. The topological polar surface area (TPSA) is 69.2 Å². The molecule has 0 aliphatic heterocycles. The molecule has 1 aromatic carbocycles. The van der Waals surface area contributed by atoms with Gasteiger partial charge in [0.25, 0.3) is 5.69 Å². The maximum Gasteiger partial charge on any atom is 0.270 e. The van der Waals surface area contributed by atoms with Gasteiger partial charge in [0.05, 0.1) is 4.92 Å². The molecule has 0 saturated heterocycles. The van der Waals surface area contributed by atoms with E-state index in [-0.39, 0.29) is 16.7 Å². The van der Waals surface area contributed by atoms with Crippen molar-refractivity contribution in [2.24, 2.45) is 5.73 Å². The van der Waals surface area contributed by atoms with E-state index in [9.17, 15) is 10.1 Å². The highest BCUT2D eigenvalue weighted by Crippen LogP contribution is 2.32. The van der Waals surface area contributed by atoms with E-state index in [2.05, 4.69) is 0 Å². The van der Waals surface area contributed by atoms with Crippen molar-refractivity contribution in [3.8, 4) is 10.4 Å². The van der Waals surface area contributed by atoms with Crippen molar-refractivity contribution in [1.82, 2.24) is 0 Å². The van der Waals surface area contributed by atoms with Crippen molar-refractivity contribution in [2.75, 3.05) is 0 Å². The molecule has 0 amide bonds. The highest BCUT2D eigenvalue weighted by atomic mass is 32.1. The van der Waals surface area contributed by atoms with E-state index in [0.29, 0.717) is 0 Å². The number of nitrogens with zero attached hydrogens (tertiary/aromatic N) is 1. The molecular weight excluding hydrogens is 236 g/mol. The van der Waals surface area contributed by atoms with Crippen molar-refractivity contribution >= 4 is 17.0 Å². The van der Waals surface area contributed by atoms with Gasteiger partial charge in [0.2, 0.25) is 0 Å². The second-order valence-corrected chi connectivity index (χ2v) is 4.91. The Morgan fingerprint density at radius 3 is 2.71 bits per heavy atom. The number of nitrogens with two attached hydrogens (primary N) is 1. The van der Waals surface area contributed by atoms with Gasteiger partial charge >= 0.3 is 0 Å². The molecule has 0 spiro atoms. The van der Waals surface area contributed by atoms with Crippen LogP contribution in [0, 0.1) is 10.1 Å². The molecule has 0 bridgehead atoms. The summed E-state index contributed by atoms with van der Waals surface area (Å²) in [5.41, 5.74) is 6.75. The fraction of sp³-hybridized carbons (Fsp3) is 0.167. The average Bonchev–Trinajstić information content (AvgIpc) is 2.78. The minimum Gasteiger partial charge on any atom is -0.324 e. The number of hydrogen-bond acceptors (Lipinski definition) is 4. The zero-order valence-electron chi connectivity index (χ0n) is 9.29. The Bertz CT molecular complexity index is 549. The smallest absolute Gasteiger partial charge is 0.270 e. The number of hydrogen-bond donors (Lipinski definition) is 1. The molecule has 88 valence electrons. The summed E-state index contributed by atoms with van der Waals surface area (Å²) in [5, 5.41) is 10.7. The van der Waals surface area contributed by atoms with Crippen LogP contribution >= 0.6 is 11.3 Å². The third-order valence-electron chi connectivity index (χ3n) is 2.42. The van der Waals surface area contributed by atoms with Crippen LogP contribution in [-0.2, 0) is 0 Å². The molecule has 1 heterocycles. The fourth-order valence-electron chi connectivity index (χ4n) is 1.53. The molecule has 0 radical (unpaired) electrons. The summed E-state index contributed by atoms with van der Waals surface area (Å²) in [6.07, 6.45) is 0. The predicted molar refractivity (Wildman–Crippen MR) is 69.0 cm³/mol. The third kappa shape index (κ3) is 2.51. The molecule has 0 aliphatic carbocycles. The van der Waals surface area contributed by atoms with Gasteiger partial charge in [0.15, 0.2) is 0 Å². The normalized spacial score (nSPS) is 12.4. The number of non-ortho nitro benzene ring substituents is 1. The molecule has 2 aromatic rings. The van der Waals surface area contributed by atoms with E-state index in [1.165, 1.54) is 6.07 Å². The monoisotopic (exact) mass is 248 g/mol. The van der Waals surface area contributed by atoms with Crippen molar-refractivity contribution < 1.29 is 4.92 Å². The van der Waals surface area contributed by atoms with Gasteiger partial charge in [-0.05, 0) is 24.6 Å². The van der Waals surface area contributed by atoms with Crippen LogP contribution in [0.1, 0.15) is 17.8 Å². The minimum absolute atomic E-state index is 0.00699. The van der Waals surface area contributed by atoms with Gasteiger partial charge in [-0.3, -0.25) is 10.1 Å². The first-order valence-corrected chi connectivity index (χ1v) is 5.99. The van der Waals surface area contributed by atoms with E-state index in [0.717, 1.165) is 15.3 Å². The number of nitro groups is 1. The number of thiophene rings is 1. The molecule has 1 unspecified atom stereocenters. The molecular formula is C12H12N2O2S. The number of benzene rings is 1. The van der Waals surface area contributed by atoms with Crippen molar-refractivity contribution in [3.63, 3.8) is 0 Å². The summed E-state index contributed by atoms with van der Waals surface area (Å²) in [7, 11) is 0. The van der Waals surface area contributed by atoms with Crippen LogP contribution in [0.5, 0.6) is 0 Å². The molecule has 0 fully saturated rings. The number of rotatable bonds is 3. The van der Waals surface area contributed by atoms with Crippen LogP contribution in [0.2, 0.25) is 0 Å². The maximum atomic E-state index is 10.7. The highest BCUT2D eigenvalue weighted by molar-refractivity contribution is 7.15. The van der Waals surface area contributed by atoms with Gasteiger partial charge in [-0.25, -0.2) is 0 Å². The maximum absolute atomic E-state index is 10.7. The molecule has 5 heteroatoms. The van der Waals surface area contributed by atoms with Gasteiger partial charge in [0.1, 0.15) is 0 Å². The lowest BCUT2D eigenvalue weighted by atomic mass is 10.1. The van der Waals surface area contributed by atoms with Crippen molar-refractivity contribution in [1.29, 1.82) is 0 Å². The molecule has 1 aromatic heterocycles. The van der Waals surface area contributed by atoms with E-state index < -0.39 is 0 Å². The van der Waals surface area contributed by atoms with Crippen molar-refractivity contribution in [3.05, 3.63) is 51.4 Å². The first-order chi connectivity index (χ1) is 8.08. The van der Waals surface area contributed by atoms with E-state index >= 15 is 0 Å². The lowest BCUT2D eigenvalue weighted by Gasteiger charge is -1.99. The first kappa shape index (κ1) is 11.8. The average molecular weight is 248 g/mol. The van der Waals surface area contributed by atoms with E-state index in [1.807, 2.05) is 25.1 Å². The molecule has 2 rings (SSSR count). The van der Waals surface area contributed by atoms with Crippen LogP contribution in [0.25, 0.3) is 10.4 Å². The van der Waals surface area contributed by atoms with Crippen LogP contribution in [0.15, 0.2) is 36.4 Å². The summed E-state index contributed by atoms with van der Waals surface area (Å²) < 4.78 is 0. The summed E-state index contributed by atoms with van der Waals surface area (Å²) >= 11 is 1.57. The van der Waals surface area contributed by atoms with Gasteiger partial charge in [-0.2, -0.15) is 0 Å². The Morgan fingerprint density at radius 2 is 2.12 bits per heavy atom. The van der Waals surface area contributed by atoms with Gasteiger partial charge in [-0.1, -0.05) is 12.1 Å². The Hall–Kier alpha value is -1.72. The third-order valence-corrected chi connectivity index (χ3v) is 3.75. The standard InChI is InChI=1S/C12H12N2O2S/c1-8(13)11-5-6-12(17-11)9-3-2-4-10(7-9)14(15)16/h2-8H,13H2,1H3. The Morgan fingerprint density at radius 1 is 1.35 bits per heavy atom. The number of nitro benzene ring substituents is 1. The zero-order valence-corrected chi connectivity index (χ0v) is 10.1. The van der Waals surface area contributed by atoms with E-state index in [4.69, 9.17) is 5.73 Å². The highest BCUT2D eigenvalue weighted by Gasteiger charge is 2.10. The SMILES string of the molecule is CC(N)c1ccc(-c2cccc([N+](=O)[O-])c2)s1. The molecule has 2 N–H and O–H groups in total. The second kappa shape index (κ2) is 4.65. The molecule has 0 saturated carbocycles. The van der Waals surface area contributed by atoms with Gasteiger partial charge < -0.3 is 5.73 Å². The Balaban J connectivity index is 2.38. The van der Waals surface area contributed by atoms with Crippen LogP contribution < -0.4 is 5.73 Å². The quantitative estimate of drug-likeness (QED) is 0.669. The molecule has 1 atom stereocenters. The summed E-state index contributed by atoms with van der Waals surface area (Å²) in [5.74, 6) is 0. The van der Waals surface area contributed by atoms with Crippen LogP contribution in [0.4, 0.5) is 5.69 Å². The zero-order chi connectivity index (χ0) is 12.4. The minimum atomic E-state index is -0.385. The Kier molecular flexibility index (Phi) is 3.21. The van der Waals surface area contributed by atoms with E-state index in [1.54, 1.807) is 23.5 Å².